The number of ketones is 1. The summed E-state index contributed by atoms with van der Waals surface area (Å²) in [5.41, 5.74) is 2.05. The summed E-state index contributed by atoms with van der Waals surface area (Å²) >= 11 is 0. The first kappa shape index (κ1) is 22.3. The van der Waals surface area contributed by atoms with E-state index in [0.717, 1.165) is 10.8 Å². The van der Waals surface area contributed by atoms with Crippen molar-refractivity contribution in [2.75, 3.05) is 12.3 Å². The number of benzene rings is 2. The van der Waals surface area contributed by atoms with Crippen molar-refractivity contribution in [3.63, 3.8) is 0 Å². The zero-order valence-corrected chi connectivity index (χ0v) is 17.2. The second-order valence-electron chi connectivity index (χ2n) is 7.44. The lowest BCUT2D eigenvalue weighted by Gasteiger charge is -2.28. The van der Waals surface area contributed by atoms with Gasteiger partial charge in [-0.1, -0.05) is 48.5 Å². The van der Waals surface area contributed by atoms with Gasteiger partial charge < -0.3 is 20.3 Å². The molecule has 1 aromatic heterocycles. The number of nitrogen functional groups attached to an aromatic ring is 1. The molecule has 0 radical (unpaired) electrons. The largest absolute Gasteiger partial charge is 0.459 e. The molecule has 1 saturated heterocycles. The van der Waals surface area contributed by atoms with Gasteiger partial charge in [0.25, 0.3) is 0 Å². The topological polar surface area (TPSA) is 134 Å². The maximum absolute atomic E-state index is 15.7. The number of halogens is 1. The molecule has 3 N–H and O–H groups in total. The number of hydrogen-bond donors (Lipinski definition) is 2. The Morgan fingerprint density at radius 2 is 1.70 bits per heavy atom. The number of rotatable bonds is 6. The van der Waals surface area contributed by atoms with Crippen molar-refractivity contribution >= 4 is 17.6 Å². The van der Waals surface area contributed by atoms with Crippen LogP contribution in [0.4, 0.5) is 10.2 Å². The molecule has 2 aromatic carbocycles. The summed E-state index contributed by atoms with van der Waals surface area (Å²) in [7, 11) is 0. The molecule has 10 heteroatoms. The first-order valence-corrected chi connectivity index (χ1v) is 10.0. The quantitative estimate of drug-likeness (QED) is 0.424. The molecule has 170 valence electrons. The zero-order valence-electron chi connectivity index (χ0n) is 17.2. The number of Topliss-reactive ketones (excluding diaryl/α,β-unsaturated/α-hetero) is 1. The van der Waals surface area contributed by atoms with Gasteiger partial charge in [-0.2, -0.15) is 4.98 Å². The van der Waals surface area contributed by atoms with E-state index in [0.29, 0.717) is 0 Å². The highest BCUT2D eigenvalue weighted by Crippen LogP contribution is 2.41. The van der Waals surface area contributed by atoms with E-state index < -0.39 is 48.2 Å². The number of ether oxygens (including phenoxy) is 2. The summed E-state index contributed by atoms with van der Waals surface area (Å²) in [6, 6.07) is 16.8. The maximum Gasteiger partial charge on any atom is 0.351 e. The molecule has 0 aliphatic carbocycles. The number of nitrogens with zero attached hydrogens (tertiary/aromatic N) is 2. The highest BCUT2D eigenvalue weighted by molar-refractivity contribution is 6.03. The molecule has 1 aliphatic rings. The van der Waals surface area contributed by atoms with Crippen molar-refractivity contribution in [1.82, 2.24) is 9.55 Å². The molecule has 2 heterocycles. The number of nitrogens with two attached hydrogens (primary N) is 1. The average molecular weight is 453 g/mol. The molecule has 9 nitrogen and oxygen atoms in total. The lowest BCUT2D eigenvalue weighted by molar-refractivity contribution is -0.0742. The molecular formula is C23H20FN3O6. The van der Waals surface area contributed by atoms with E-state index in [9.17, 15) is 19.5 Å². The van der Waals surface area contributed by atoms with Crippen LogP contribution in [0.3, 0.4) is 0 Å². The average Bonchev–Trinajstić information content (AvgIpc) is 3.09. The minimum absolute atomic E-state index is 0.0223. The highest BCUT2D eigenvalue weighted by Gasteiger charge is 2.62. The van der Waals surface area contributed by atoms with Crippen LogP contribution in [0.1, 0.15) is 26.9 Å². The van der Waals surface area contributed by atoms with E-state index in [1.807, 2.05) is 0 Å². The van der Waals surface area contributed by atoms with E-state index in [1.54, 1.807) is 36.4 Å². The van der Waals surface area contributed by atoms with Crippen LogP contribution in [-0.2, 0) is 9.47 Å². The van der Waals surface area contributed by atoms with Crippen LogP contribution >= 0.6 is 0 Å². The zero-order chi connectivity index (χ0) is 23.6. The van der Waals surface area contributed by atoms with E-state index in [1.165, 1.54) is 30.3 Å². The molecule has 4 atom stereocenters. The minimum Gasteiger partial charge on any atom is -0.459 e. The van der Waals surface area contributed by atoms with Crippen LogP contribution in [0.2, 0.25) is 0 Å². The Morgan fingerprint density at radius 1 is 1.09 bits per heavy atom. The Morgan fingerprint density at radius 3 is 2.30 bits per heavy atom. The summed E-state index contributed by atoms with van der Waals surface area (Å²) in [6.07, 6.45) is -4.55. The fourth-order valence-corrected chi connectivity index (χ4v) is 3.63. The molecule has 4 rings (SSSR count). The Kier molecular flexibility index (Phi) is 6.03. The van der Waals surface area contributed by atoms with Crippen LogP contribution < -0.4 is 11.4 Å². The fourth-order valence-electron chi connectivity index (χ4n) is 3.63. The molecule has 33 heavy (non-hydrogen) atoms. The highest BCUT2D eigenvalue weighted by atomic mass is 19.1. The Labute approximate surface area is 187 Å². The normalized spacial score (nSPS) is 24.4. The van der Waals surface area contributed by atoms with Crippen molar-refractivity contribution < 1.29 is 28.6 Å². The lowest BCUT2D eigenvalue weighted by Crippen LogP contribution is -2.54. The minimum atomic E-state index is -2.75. The Bertz CT molecular complexity index is 1220. The van der Waals surface area contributed by atoms with Crippen LogP contribution in [0, 0.1) is 0 Å². The van der Waals surface area contributed by atoms with Gasteiger partial charge in [-0.3, -0.25) is 9.36 Å². The summed E-state index contributed by atoms with van der Waals surface area (Å²) in [6.45, 7) is -0.642. The second-order valence-corrected chi connectivity index (χ2v) is 7.44. The first-order chi connectivity index (χ1) is 15.8. The van der Waals surface area contributed by atoms with Crippen molar-refractivity contribution in [1.29, 1.82) is 0 Å². The van der Waals surface area contributed by atoms with Crippen molar-refractivity contribution in [2.45, 2.75) is 24.1 Å². The Balaban J connectivity index is 1.67. The number of carbonyl (C=O) groups is 2. The standard InChI is InChI=1S/C23H20FN3O6/c24-18-20(27-12-11-17(25)26-22(27)30)33-16(13-32-21(29)15-9-5-2-6-10-15)23(18,31)19(28)14-7-3-1-4-8-14/h1-12,16,18,20,31H,13H2,(H2,25,26,30)/t16?,18?,20?,23-/m1/s1. The summed E-state index contributed by atoms with van der Waals surface area (Å²) in [5, 5.41) is 11.3. The monoisotopic (exact) mass is 453 g/mol. The summed E-state index contributed by atoms with van der Waals surface area (Å²) in [4.78, 5) is 41.3. The third-order valence-corrected chi connectivity index (χ3v) is 5.37. The van der Waals surface area contributed by atoms with E-state index in [-0.39, 0.29) is 16.9 Å². The van der Waals surface area contributed by atoms with Crippen LogP contribution in [0.5, 0.6) is 0 Å². The SMILES string of the molecule is Nc1ccn(C2OC(COC(=O)c3ccccc3)[C@](O)(C(=O)c3ccccc3)C2F)c(=O)n1. The molecule has 0 bridgehead atoms. The van der Waals surface area contributed by atoms with Gasteiger partial charge in [0.05, 0.1) is 5.56 Å². The van der Waals surface area contributed by atoms with Crippen molar-refractivity contribution in [2.24, 2.45) is 0 Å². The van der Waals surface area contributed by atoms with Crippen molar-refractivity contribution in [3.8, 4) is 0 Å². The smallest absolute Gasteiger partial charge is 0.351 e. The number of anilines is 1. The molecule has 1 fully saturated rings. The fraction of sp³-hybridized carbons (Fsp3) is 0.217. The van der Waals surface area contributed by atoms with Gasteiger partial charge in [-0.25, -0.2) is 14.0 Å². The molecule has 3 aromatic rings. The number of alkyl halides is 1. The van der Waals surface area contributed by atoms with Crippen LogP contribution in [0.25, 0.3) is 0 Å². The number of aliphatic hydroxyl groups is 1. The maximum atomic E-state index is 15.7. The van der Waals surface area contributed by atoms with E-state index in [2.05, 4.69) is 4.98 Å². The van der Waals surface area contributed by atoms with Gasteiger partial charge in [0, 0.05) is 11.8 Å². The first-order valence-electron chi connectivity index (χ1n) is 10.0. The Hall–Kier alpha value is -3.89. The number of aromatic nitrogens is 2. The number of hydrogen-bond acceptors (Lipinski definition) is 8. The van der Waals surface area contributed by atoms with Crippen LogP contribution in [-0.4, -0.2) is 50.9 Å². The number of carbonyl (C=O) groups excluding carboxylic acids is 2. The third kappa shape index (κ3) is 4.13. The molecule has 0 amide bonds. The van der Waals surface area contributed by atoms with Gasteiger partial charge in [-0.15, -0.1) is 0 Å². The predicted molar refractivity (Wildman–Crippen MR) is 114 cm³/mol. The van der Waals surface area contributed by atoms with Crippen molar-refractivity contribution in [3.05, 3.63) is 94.5 Å². The van der Waals surface area contributed by atoms with Gasteiger partial charge >= 0.3 is 11.7 Å². The summed E-state index contributed by atoms with van der Waals surface area (Å²) in [5.74, 6) is -1.82. The molecule has 3 unspecified atom stereocenters. The molecule has 0 spiro atoms. The predicted octanol–water partition coefficient (Wildman–Crippen LogP) is 1.53. The molecule has 1 aliphatic heterocycles. The van der Waals surface area contributed by atoms with E-state index in [4.69, 9.17) is 15.2 Å². The van der Waals surface area contributed by atoms with Gasteiger partial charge in [0.1, 0.15) is 18.5 Å². The van der Waals surface area contributed by atoms with E-state index >= 15 is 4.39 Å². The van der Waals surface area contributed by atoms with Gasteiger partial charge in [-0.05, 0) is 18.2 Å². The second kappa shape index (κ2) is 8.93. The van der Waals surface area contributed by atoms with Gasteiger partial charge in [0.15, 0.2) is 23.8 Å². The number of esters is 1. The molecular weight excluding hydrogens is 433 g/mol. The third-order valence-electron chi connectivity index (χ3n) is 5.37. The summed E-state index contributed by atoms with van der Waals surface area (Å²) < 4.78 is 27.3. The van der Waals surface area contributed by atoms with Gasteiger partial charge in [0.2, 0.25) is 0 Å². The molecule has 0 saturated carbocycles. The van der Waals surface area contributed by atoms with Crippen LogP contribution in [0.15, 0.2) is 77.7 Å². The lowest BCUT2D eigenvalue weighted by atomic mass is 9.85.